The molecule has 0 saturated heterocycles. The average Bonchev–Trinajstić information content (AvgIpc) is 2.35. The fourth-order valence-corrected chi connectivity index (χ4v) is 1.36. The Morgan fingerprint density at radius 1 is 1.47 bits per heavy atom. The van der Waals surface area contributed by atoms with Crippen molar-refractivity contribution in [2.75, 3.05) is 7.11 Å². The molecule has 1 rings (SSSR count). The third-order valence-corrected chi connectivity index (χ3v) is 2.39. The molecular weight excluding hydrogens is 228 g/mol. The lowest BCUT2D eigenvalue weighted by atomic mass is 10.1. The Kier molecular flexibility index (Phi) is 4.87. The number of methoxy groups -OCH3 is 1. The van der Waals surface area contributed by atoms with Crippen LogP contribution in [0.1, 0.15) is 23.7 Å². The number of carbonyl (C=O) groups excluding carboxylic acids is 1. The van der Waals surface area contributed by atoms with Crippen molar-refractivity contribution in [3.8, 4) is 5.75 Å². The molecule has 17 heavy (non-hydrogen) atoms. The van der Waals surface area contributed by atoms with Gasteiger partial charge in [-0.1, -0.05) is 13.0 Å². The maximum absolute atomic E-state index is 12.5. The predicted molar refractivity (Wildman–Crippen MR) is 60.5 cm³/mol. The topological polar surface area (TPSA) is 38.3 Å². The number of nitrogens with one attached hydrogen (secondary N) is 1. The van der Waals surface area contributed by atoms with Gasteiger partial charge in [-0.05, 0) is 24.6 Å². The summed E-state index contributed by atoms with van der Waals surface area (Å²) in [6.07, 6.45) is -2.37. The lowest BCUT2D eigenvalue weighted by Gasteiger charge is -2.15. The number of hydrogen-bond donors (Lipinski definition) is 1. The molecule has 0 radical (unpaired) electrons. The molecule has 0 unspecified atom stereocenters. The van der Waals surface area contributed by atoms with Gasteiger partial charge in [-0.15, -0.1) is 0 Å². The van der Waals surface area contributed by atoms with Crippen molar-refractivity contribution in [3.63, 3.8) is 0 Å². The maximum Gasteiger partial charge on any atom is 0.258 e. The van der Waals surface area contributed by atoms with Crippen molar-refractivity contribution in [1.29, 1.82) is 0 Å². The predicted octanol–water partition coefficient (Wildman–Crippen LogP) is 2.47. The third kappa shape index (κ3) is 3.69. The molecule has 1 amide bonds. The molecule has 0 aliphatic heterocycles. The molecule has 1 aromatic rings. The number of halogens is 2. The fraction of sp³-hybridized carbons (Fsp3) is 0.417. The van der Waals surface area contributed by atoms with E-state index in [1.807, 2.05) is 0 Å². The normalized spacial score (nSPS) is 12.3. The summed E-state index contributed by atoms with van der Waals surface area (Å²) in [6, 6.07) is 5.26. The summed E-state index contributed by atoms with van der Waals surface area (Å²) >= 11 is 0. The molecule has 0 bridgehead atoms. The van der Waals surface area contributed by atoms with Crippen LogP contribution >= 0.6 is 0 Å². The zero-order valence-electron chi connectivity index (χ0n) is 9.74. The van der Waals surface area contributed by atoms with Crippen molar-refractivity contribution in [2.24, 2.45) is 0 Å². The number of benzene rings is 1. The SMILES string of the molecule is CC[C@H](NC(=O)c1cccc(OC)c1)C(F)F. The first kappa shape index (κ1) is 13.4. The molecule has 1 N–H and O–H groups in total. The summed E-state index contributed by atoms with van der Waals surface area (Å²) in [5, 5.41) is 2.29. The van der Waals surface area contributed by atoms with E-state index in [4.69, 9.17) is 4.74 Å². The highest BCUT2D eigenvalue weighted by Gasteiger charge is 2.20. The second kappa shape index (κ2) is 6.18. The quantitative estimate of drug-likeness (QED) is 0.862. The van der Waals surface area contributed by atoms with E-state index in [1.165, 1.54) is 13.2 Å². The Balaban J connectivity index is 2.75. The van der Waals surface area contributed by atoms with Crippen LogP contribution in [0.5, 0.6) is 5.75 Å². The molecule has 0 aromatic heterocycles. The minimum absolute atomic E-state index is 0.188. The summed E-state index contributed by atoms with van der Waals surface area (Å²) in [4.78, 5) is 11.7. The molecule has 0 fully saturated rings. The molecule has 0 aliphatic carbocycles. The third-order valence-electron chi connectivity index (χ3n) is 2.39. The first-order valence-corrected chi connectivity index (χ1v) is 5.31. The van der Waals surface area contributed by atoms with Crippen molar-refractivity contribution in [3.05, 3.63) is 29.8 Å². The van der Waals surface area contributed by atoms with E-state index in [1.54, 1.807) is 25.1 Å². The number of alkyl halides is 2. The molecule has 0 spiro atoms. The molecule has 1 atom stereocenters. The van der Waals surface area contributed by atoms with Crippen LogP contribution in [0.4, 0.5) is 8.78 Å². The van der Waals surface area contributed by atoms with Crippen molar-refractivity contribution in [1.82, 2.24) is 5.32 Å². The van der Waals surface area contributed by atoms with Gasteiger partial charge in [0, 0.05) is 5.56 Å². The Hall–Kier alpha value is -1.65. The second-order valence-corrected chi connectivity index (χ2v) is 3.55. The average molecular weight is 243 g/mol. The molecule has 0 aliphatic rings. The molecule has 0 saturated carbocycles. The van der Waals surface area contributed by atoms with Gasteiger partial charge in [0.25, 0.3) is 12.3 Å². The van der Waals surface area contributed by atoms with Gasteiger partial charge in [0.05, 0.1) is 13.2 Å². The van der Waals surface area contributed by atoms with E-state index in [0.29, 0.717) is 11.3 Å². The lowest BCUT2D eigenvalue weighted by molar-refractivity contribution is 0.0737. The van der Waals surface area contributed by atoms with Crippen LogP contribution < -0.4 is 10.1 Å². The van der Waals surface area contributed by atoms with E-state index in [-0.39, 0.29) is 6.42 Å². The van der Waals surface area contributed by atoms with Gasteiger partial charge in [0.1, 0.15) is 5.75 Å². The Morgan fingerprint density at radius 3 is 2.71 bits per heavy atom. The van der Waals surface area contributed by atoms with Gasteiger partial charge in [0.15, 0.2) is 0 Å². The standard InChI is InChI=1S/C12H15F2NO2/c1-3-10(11(13)14)15-12(16)8-5-4-6-9(7-8)17-2/h4-7,10-11H,3H2,1-2H3,(H,15,16)/t10-/m0/s1. The van der Waals surface area contributed by atoms with Crippen molar-refractivity contribution < 1.29 is 18.3 Å². The number of amides is 1. The molecule has 1 aromatic carbocycles. The number of hydrogen-bond acceptors (Lipinski definition) is 2. The van der Waals surface area contributed by atoms with Crippen LogP contribution in [0.25, 0.3) is 0 Å². The summed E-state index contributed by atoms with van der Waals surface area (Å²) in [6.45, 7) is 1.60. The Labute approximate surface area is 98.8 Å². The first-order valence-electron chi connectivity index (χ1n) is 5.31. The molecule has 5 heteroatoms. The highest BCUT2D eigenvalue weighted by atomic mass is 19.3. The van der Waals surface area contributed by atoms with Crippen molar-refractivity contribution >= 4 is 5.91 Å². The van der Waals surface area contributed by atoms with E-state index in [9.17, 15) is 13.6 Å². The number of carbonyl (C=O) groups is 1. The number of rotatable bonds is 5. The van der Waals surface area contributed by atoms with E-state index in [2.05, 4.69) is 5.32 Å². The van der Waals surface area contributed by atoms with Gasteiger partial charge in [0.2, 0.25) is 0 Å². The number of ether oxygens (including phenoxy) is 1. The maximum atomic E-state index is 12.5. The van der Waals surface area contributed by atoms with Gasteiger partial charge in [-0.3, -0.25) is 4.79 Å². The zero-order valence-corrected chi connectivity index (χ0v) is 9.74. The van der Waals surface area contributed by atoms with Gasteiger partial charge in [-0.25, -0.2) is 8.78 Å². The van der Waals surface area contributed by atoms with Crippen LogP contribution in [0.2, 0.25) is 0 Å². The summed E-state index contributed by atoms with van der Waals surface area (Å²) in [7, 11) is 1.48. The highest BCUT2D eigenvalue weighted by Crippen LogP contribution is 2.13. The highest BCUT2D eigenvalue weighted by molar-refractivity contribution is 5.94. The van der Waals surface area contributed by atoms with Crippen LogP contribution in [0, 0.1) is 0 Å². The molecule has 94 valence electrons. The monoisotopic (exact) mass is 243 g/mol. The lowest BCUT2D eigenvalue weighted by Crippen LogP contribution is -2.39. The summed E-state index contributed by atoms with van der Waals surface area (Å²) < 4.78 is 29.9. The van der Waals surface area contributed by atoms with E-state index >= 15 is 0 Å². The smallest absolute Gasteiger partial charge is 0.258 e. The summed E-state index contributed by atoms with van der Waals surface area (Å²) in [5.41, 5.74) is 0.309. The van der Waals surface area contributed by atoms with E-state index in [0.717, 1.165) is 0 Å². The van der Waals surface area contributed by atoms with Crippen LogP contribution in [0.3, 0.4) is 0 Å². The molecule has 0 heterocycles. The van der Waals surface area contributed by atoms with Gasteiger partial charge >= 0.3 is 0 Å². The zero-order chi connectivity index (χ0) is 12.8. The van der Waals surface area contributed by atoms with Crippen LogP contribution in [0.15, 0.2) is 24.3 Å². The van der Waals surface area contributed by atoms with Crippen LogP contribution in [-0.2, 0) is 0 Å². The fourth-order valence-electron chi connectivity index (χ4n) is 1.36. The van der Waals surface area contributed by atoms with Crippen LogP contribution in [-0.4, -0.2) is 25.5 Å². The molecular formula is C12H15F2NO2. The Bertz CT molecular complexity index is 383. The molecule has 3 nitrogen and oxygen atoms in total. The Morgan fingerprint density at radius 2 is 2.18 bits per heavy atom. The van der Waals surface area contributed by atoms with E-state index < -0.39 is 18.4 Å². The van der Waals surface area contributed by atoms with Crippen molar-refractivity contribution in [2.45, 2.75) is 25.8 Å². The van der Waals surface area contributed by atoms with Gasteiger partial charge < -0.3 is 10.1 Å². The second-order valence-electron chi connectivity index (χ2n) is 3.55. The minimum Gasteiger partial charge on any atom is -0.497 e. The van der Waals surface area contributed by atoms with Gasteiger partial charge in [-0.2, -0.15) is 0 Å². The summed E-state index contributed by atoms with van der Waals surface area (Å²) in [5.74, 6) is -0.00112. The largest absolute Gasteiger partial charge is 0.497 e. The first-order chi connectivity index (χ1) is 8.08. The minimum atomic E-state index is -2.56.